The van der Waals surface area contributed by atoms with Crippen LogP contribution in [0.4, 0.5) is 4.39 Å². The lowest BCUT2D eigenvalue weighted by Crippen LogP contribution is -2.10. The molecule has 0 aliphatic heterocycles. The number of nitrogens with zero attached hydrogens (tertiary/aromatic N) is 2. The fraction of sp³-hybridized carbons (Fsp3) is 0.308. The van der Waals surface area contributed by atoms with Gasteiger partial charge in [0.1, 0.15) is 11.6 Å². The summed E-state index contributed by atoms with van der Waals surface area (Å²) in [4.78, 5) is 4.42. The second-order valence-electron chi connectivity index (χ2n) is 4.24. The zero-order valence-electron chi connectivity index (χ0n) is 9.91. The third-order valence-electron chi connectivity index (χ3n) is 2.59. The van der Waals surface area contributed by atoms with E-state index in [1.54, 1.807) is 6.07 Å². The monoisotopic (exact) mass is 233 g/mol. The maximum Gasteiger partial charge on any atom is 0.125 e. The smallest absolute Gasteiger partial charge is 0.125 e. The summed E-state index contributed by atoms with van der Waals surface area (Å²) < 4.78 is 15.2. The van der Waals surface area contributed by atoms with E-state index in [9.17, 15) is 4.39 Å². The number of benzene rings is 1. The molecule has 0 aliphatic rings. The second kappa shape index (κ2) is 4.67. The molecule has 0 saturated heterocycles. The summed E-state index contributed by atoms with van der Waals surface area (Å²) in [5, 5.41) is 0. The number of allylic oxidation sites excluding steroid dienone is 1. The van der Waals surface area contributed by atoms with E-state index >= 15 is 0 Å². The lowest BCUT2D eigenvalue weighted by Gasteiger charge is -2.08. The van der Waals surface area contributed by atoms with Crippen LogP contribution in [0.5, 0.6) is 0 Å². The molecule has 0 amide bonds. The van der Waals surface area contributed by atoms with Gasteiger partial charge in [0, 0.05) is 19.0 Å². The van der Waals surface area contributed by atoms with E-state index in [1.807, 2.05) is 11.5 Å². The predicted octanol–water partition coefficient (Wildman–Crippen LogP) is 2.25. The minimum atomic E-state index is -0.267. The standard InChI is InChI=1S/C13H16FN3/c1-9(2)8-17-12-4-3-10(14)7-11(12)16-13(17)5-6-15/h3-4,7H,1,5-6,8,15H2,2H3. The van der Waals surface area contributed by atoms with Crippen LogP contribution in [0.3, 0.4) is 0 Å². The van der Waals surface area contributed by atoms with Crippen LogP contribution in [0, 0.1) is 5.82 Å². The maximum atomic E-state index is 13.1. The highest BCUT2D eigenvalue weighted by Crippen LogP contribution is 2.19. The Kier molecular flexibility index (Phi) is 3.24. The summed E-state index contributed by atoms with van der Waals surface area (Å²) in [6.07, 6.45) is 0.684. The molecule has 17 heavy (non-hydrogen) atoms. The van der Waals surface area contributed by atoms with Crippen LogP contribution < -0.4 is 5.73 Å². The molecule has 2 aromatic rings. The zero-order valence-corrected chi connectivity index (χ0v) is 9.91. The first-order valence-corrected chi connectivity index (χ1v) is 5.61. The van der Waals surface area contributed by atoms with Gasteiger partial charge in [-0.25, -0.2) is 9.37 Å². The van der Waals surface area contributed by atoms with E-state index in [2.05, 4.69) is 11.6 Å². The number of hydrogen-bond acceptors (Lipinski definition) is 2. The normalized spacial score (nSPS) is 11.0. The molecule has 0 spiro atoms. The minimum absolute atomic E-state index is 0.267. The number of rotatable bonds is 4. The summed E-state index contributed by atoms with van der Waals surface area (Å²) >= 11 is 0. The van der Waals surface area contributed by atoms with E-state index < -0.39 is 0 Å². The maximum absolute atomic E-state index is 13.1. The summed E-state index contributed by atoms with van der Waals surface area (Å²) in [6, 6.07) is 4.65. The average molecular weight is 233 g/mol. The largest absolute Gasteiger partial charge is 0.330 e. The number of nitrogens with two attached hydrogens (primary N) is 1. The molecule has 0 unspecified atom stereocenters. The molecule has 2 N–H and O–H groups in total. The highest BCUT2D eigenvalue weighted by atomic mass is 19.1. The van der Waals surface area contributed by atoms with Crippen molar-refractivity contribution in [3.05, 3.63) is 42.0 Å². The summed E-state index contributed by atoms with van der Waals surface area (Å²) in [5.74, 6) is 0.618. The lowest BCUT2D eigenvalue weighted by atomic mass is 10.3. The molecule has 2 rings (SSSR count). The van der Waals surface area contributed by atoms with Gasteiger partial charge in [-0.3, -0.25) is 0 Å². The van der Waals surface area contributed by atoms with Crippen molar-refractivity contribution in [3.63, 3.8) is 0 Å². The molecule has 0 fully saturated rings. The highest BCUT2D eigenvalue weighted by molar-refractivity contribution is 5.76. The third kappa shape index (κ3) is 2.36. The fourth-order valence-electron chi connectivity index (χ4n) is 1.92. The summed E-state index contributed by atoms with van der Waals surface area (Å²) in [5.41, 5.74) is 8.20. The summed E-state index contributed by atoms with van der Waals surface area (Å²) in [6.45, 7) is 7.08. The Labute approximate surface area is 99.8 Å². The quantitative estimate of drug-likeness (QED) is 0.823. The summed E-state index contributed by atoms with van der Waals surface area (Å²) in [7, 11) is 0. The van der Waals surface area contributed by atoms with Gasteiger partial charge in [-0.2, -0.15) is 0 Å². The van der Waals surface area contributed by atoms with Crippen LogP contribution in [0.15, 0.2) is 30.4 Å². The van der Waals surface area contributed by atoms with Gasteiger partial charge in [-0.05, 0) is 25.6 Å². The van der Waals surface area contributed by atoms with Gasteiger partial charge in [0.15, 0.2) is 0 Å². The Morgan fingerprint density at radius 2 is 2.29 bits per heavy atom. The molecule has 0 bridgehead atoms. The topological polar surface area (TPSA) is 43.8 Å². The van der Waals surface area contributed by atoms with E-state index in [4.69, 9.17) is 5.73 Å². The van der Waals surface area contributed by atoms with E-state index in [1.165, 1.54) is 12.1 Å². The van der Waals surface area contributed by atoms with Crippen LogP contribution >= 0.6 is 0 Å². The van der Waals surface area contributed by atoms with Crippen molar-refractivity contribution in [3.8, 4) is 0 Å². The first-order valence-electron chi connectivity index (χ1n) is 5.61. The zero-order chi connectivity index (χ0) is 12.4. The van der Waals surface area contributed by atoms with Crippen molar-refractivity contribution in [1.29, 1.82) is 0 Å². The van der Waals surface area contributed by atoms with Gasteiger partial charge in [0.25, 0.3) is 0 Å². The first-order chi connectivity index (χ1) is 8.11. The minimum Gasteiger partial charge on any atom is -0.330 e. The van der Waals surface area contributed by atoms with Crippen molar-refractivity contribution < 1.29 is 4.39 Å². The first kappa shape index (κ1) is 11.8. The van der Waals surface area contributed by atoms with Crippen LogP contribution in [0.2, 0.25) is 0 Å². The van der Waals surface area contributed by atoms with Gasteiger partial charge in [-0.15, -0.1) is 0 Å². The van der Waals surface area contributed by atoms with Gasteiger partial charge in [-0.1, -0.05) is 12.2 Å². The van der Waals surface area contributed by atoms with Crippen LogP contribution in [0.1, 0.15) is 12.7 Å². The number of hydrogen-bond donors (Lipinski definition) is 1. The predicted molar refractivity (Wildman–Crippen MR) is 67.3 cm³/mol. The molecule has 4 heteroatoms. The van der Waals surface area contributed by atoms with E-state index in [0.717, 1.165) is 16.9 Å². The Balaban J connectivity index is 2.57. The van der Waals surface area contributed by atoms with Crippen molar-refractivity contribution in [2.75, 3.05) is 6.54 Å². The average Bonchev–Trinajstić information content (AvgIpc) is 2.56. The van der Waals surface area contributed by atoms with Crippen molar-refractivity contribution in [1.82, 2.24) is 9.55 Å². The Hall–Kier alpha value is -1.68. The Bertz CT molecular complexity index is 557. The van der Waals surface area contributed by atoms with E-state index in [-0.39, 0.29) is 5.82 Å². The molecule has 1 heterocycles. The highest BCUT2D eigenvalue weighted by Gasteiger charge is 2.10. The number of fused-ring (bicyclic) bond motifs is 1. The van der Waals surface area contributed by atoms with Gasteiger partial charge >= 0.3 is 0 Å². The Morgan fingerprint density at radius 1 is 1.53 bits per heavy atom. The van der Waals surface area contributed by atoms with Crippen molar-refractivity contribution >= 4 is 11.0 Å². The van der Waals surface area contributed by atoms with Crippen LogP contribution in [0.25, 0.3) is 11.0 Å². The van der Waals surface area contributed by atoms with Gasteiger partial charge in [0.05, 0.1) is 11.0 Å². The van der Waals surface area contributed by atoms with Crippen LogP contribution in [-0.4, -0.2) is 16.1 Å². The third-order valence-corrected chi connectivity index (χ3v) is 2.59. The molecule has 0 radical (unpaired) electrons. The molecule has 3 nitrogen and oxygen atoms in total. The second-order valence-corrected chi connectivity index (χ2v) is 4.24. The molecule has 0 atom stereocenters. The van der Waals surface area contributed by atoms with Gasteiger partial charge in [0.2, 0.25) is 0 Å². The van der Waals surface area contributed by atoms with Gasteiger partial charge < -0.3 is 10.3 Å². The number of aromatic nitrogens is 2. The fourth-order valence-corrected chi connectivity index (χ4v) is 1.92. The van der Waals surface area contributed by atoms with E-state index in [0.29, 0.717) is 25.0 Å². The number of halogens is 1. The van der Waals surface area contributed by atoms with Crippen molar-refractivity contribution in [2.24, 2.45) is 5.73 Å². The van der Waals surface area contributed by atoms with Crippen LogP contribution in [-0.2, 0) is 13.0 Å². The Morgan fingerprint density at radius 3 is 2.94 bits per heavy atom. The molecule has 0 aliphatic carbocycles. The lowest BCUT2D eigenvalue weighted by molar-refractivity contribution is 0.629. The molecule has 1 aromatic heterocycles. The molecule has 0 saturated carbocycles. The molecule has 1 aromatic carbocycles. The SMILES string of the molecule is C=C(C)Cn1c(CCN)nc2cc(F)ccc21. The molecule has 90 valence electrons. The van der Waals surface area contributed by atoms with Crippen molar-refractivity contribution in [2.45, 2.75) is 19.9 Å². The molecular weight excluding hydrogens is 217 g/mol. The molecular formula is C13H16FN3. The number of imidazole rings is 1.